The fourth-order valence-corrected chi connectivity index (χ4v) is 3.41. The van der Waals surface area contributed by atoms with Crippen LogP contribution in [0.1, 0.15) is 26.7 Å². The maximum atomic E-state index is 11.6. The summed E-state index contributed by atoms with van der Waals surface area (Å²) in [5, 5.41) is 8.53. The van der Waals surface area contributed by atoms with Crippen molar-refractivity contribution in [2.75, 3.05) is 0 Å². The molecule has 0 aromatic rings. The Morgan fingerprint density at radius 3 is 2.38 bits per heavy atom. The summed E-state index contributed by atoms with van der Waals surface area (Å²) in [6, 6.07) is -0.545. The Kier molecular flexibility index (Phi) is 7.26. The molecule has 0 aliphatic carbocycles. The van der Waals surface area contributed by atoms with Gasteiger partial charge in [0.1, 0.15) is 0 Å². The molecule has 0 saturated heterocycles. The van der Waals surface area contributed by atoms with E-state index in [0.717, 1.165) is 0 Å². The van der Waals surface area contributed by atoms with Gasteiger partial charge in [-0.3, -0.25) is 0 Å². The minimum absolute atomic E-state index is 0.118. The van der Waals surface area contributed by atoms with Gasteiger partial charge in [0.05, 0.1) is 0 Å². The first-order chi connectivity index (χ1) is 7.36. The van der Waals surface area contributed by atoms with Crippen molar-refractivity contribution in [1.29, 1.82) is 0 Å². The molecule has 0 saturated carbocycles. The van der Waals surface area contributed by atoms with Crippen molar-refractivity contribution in [3.05, 3.63) is 0 Å². The zero-order valence-corrected chi connectivity index (χ0v) is 11.6. The molecule has 0 fully saturated rings. The van der Waals surface area contributed by atoms with Crippen LogP contribution in [0.15, 0.2) is 0 Å². The van der Waals surface area contributed by atoms with Gasteiger partial charge in [0.15, 0.2) is 0 Å². The van der Waals surface area contributed by atoms with E-state index < -0.39 is 32.5 Å². The summed E-state index contributed by atoms with van der Waals surface area (Å²) in [6.45, 7) is 3.92. The molecule has 0 spiro atoms. The van der Waals surface area contributed by atoms with Crippen molar-refractivity contribution >= 4 is 32.6 Å². The van der Waals surface area contributed by atoms with Gasteiger partial charge in [0.25, 0.3) is 0 Å². The van der Waals surface area contributed by atoms with Crippen molar-refractivity contribution < 1.29 is 19.5 Å². The number of aldehydes is 1. The van der Waals surface area contributed by atoms with Gasteiger partial charge in [-0.05, 0) is 0 Å². The molecule has 0 aromatic heterocycles. The molecule has 0 amide bonds. The van der Waals surface area contributed by atoms with Crippen LogP contribution in [0.25, 0.3) is 0 Å². The van der Waals surface area contributed by atoms with Gasteiger partial charge in [-0.15, -0.1) is 0 Å². The number of nitrogens with two attached hydrogens (primary N) is 1. The Bertz CT molecular complexity index is 268. The predicted molar refractivity (Wildman–Crippen MR) is 61.7 cm³/mol. The Hall–Kier alpha value is -0.672. The van der Waals surface area contributed by atoms with E-state index in [0.29, 0.717) is 18.6 Å². The number of aliphatic carboxylic acids is 1. The van der Waals surface area contributed by atoms with Crippen LogP contribution in [0, 0.1) is 5.92 Å². The van der Waals surface area contributed by atoms with Gasteiger partial charge in [-0.1, -0.05) is 0 Å². The quantitative estimate of drug-likeness (QED) is 0.476. The maximum absolute atomic E-state index is 11.6. The molecule has 16 heavy (non-hydrogen) atoms. The first-order valence-corrected chi connectivity index (χ1v) is 7.35. The molecule has 0 radical (unpaired) electrons. The van der Waals surface area contributed by atoms with E-state index in [4.69, 9.17) is 10.8 Å². The summed E-state index contributed by atoms with van der Waals surface area (Å²) < 4.78 is -0.754. The van der Waals surface area contributed by atoms with E-state index in [9.17, 15) is 14.4 Å². The van der Waals surface area contributed by atoms with Crippen molar-refractivity contribution in [2.24, 2.45) is 11.7 Å². The zero-order chi connectivity index (χ0) is 12.7. The SMILES string of the molecule is CC(C)C[C@H](N)C(=O)[AsH][C@H](C=O)CC(=O)O. The molecule has 6 heteroatoms. The average molecular weight is 291 g/mol. The molecular weight excluding hydrogens is 273 g/mol. The van der Waals surface area contributed by atoms with E-state index in [1.165, 1.54) is 0 Å². The zero-order valence-electron chi connectivity index (χ0n) is 9.47. The molecule has 3 N–H and O–H groups in total. The Labute approximate surface area is 101 Å². The number of carboxylic acids is 1. The summed E-state index contributed by atoms with van der Waals surface area (Å²) in [7, 11) is 0. The van der Waals surface area contributed by atoms with E-state index in [2.05, 4.69) is 0 Å². The van der Waals surface area contributed by atoms with Crippen LogP contribution < -0.4 is 5.73 Å². The molecule has 0 aliphatic heterocycles. The number of rotatable bonds is 8. The summed E-state index contributed by atoms with van der Waals surface area (Å²) in [6.07, 6.45) is 0.888. The van der Waals surface area contributed by atoms with Crippen LogP contribution in [0.4, 0.5) is 0 Å². The molecule has 0 rings (SSSR count). The molecule has 5 nitrogen and oxygen atoms in total. The second kappa shape index (κ2) is 7.58. The van der Waals surface area contributed by atoms with Gasteiger partial charge < -0.3 is 0 Å². The summed E-state index contributed by atoms with van der Waals surface area (Å²) in [5.41, 5.74) is 5.67. The average Bonchev–Trinajstić information content (AvgIpc) is 2.14. The second-order valence-corrected chi connectivity index (χ2v) is 7.28. The third kappa shape index (κ3) is 6.75. The molecule has 0 aliphatic rings. The van der Waals surface area contributed by atoms with Crippen LogP contribution in [-0.2, 0) is 14.4 Å². The van der Waals surface area contributed by atoms with Gasteiger partial charge >= 0.3 is 101 Å². The van der Waals surface area contributed by atoms with Gasteiger partial charge in [-0.25, -0.2) is 0 Å². The van der Waals surface area contributed by atoms with Crippen LogP contribution in [0.3, 0.4) is 0 Å². The normalized spacial score (nSPS) is 15.2. The molecule has 1 unspecified atom stereocenters. The summed E-state index contributed by atoms with van der Waals surface area (Å²) in [5.74, 6) is -0.731. The van der Waals surface area contributed by atoms with Crippen molar-refractivity contribution in [2.45, 2.75) is 37.4 Å². The first kappa shape index (κ1) is 15.3. The van der Waals surface area contributed by atoms with Gasteiger partial charge in [0.2, 0.25) is 0 Å². The number of hydrogen-bond acceptors (Lipinski definition) is 4. The van der Waals surface area contributed by atoms with E-state index >= 15 is 0 Å². The van der Waals surface area contributed by atoms with Crippen LogP contribution in [0.2, 0.25) is 4.71 Å². The molecule has 0 heterocycles. The molecular formula is C10H18AsNO4. The van der Waals surface area contributed by atoms with Gasteiger partial charge in [-0.2, -0.15) is 0 Å². The monoisotopic (exact) mass is 291 g/mol. The molecule has 3 atom stereocenters. The standard InChI is InChI=1S/C10H18AsNO4/c1-6(2)3-8(12)10(16)11-7(5-13)4-9(14)15/h5-8,11H,3-4,12H2,1-2H3,(H,14,15)/t7-,8-/m0/s1. The second-order valence-electron chi connectivity index (χ2n) is 4.09. The summed E-state index contributed by atoms with van der Waals surface area (Å²) >= 11 is -1.26. The molecule has 92 valence electrons. The number of hydrogen-bond donors (Lipinski definition) is 2. The van der Waals surface area contributed by atoms with Crippen LogP contribution in [0.5, 0.6) is 0 Å². The Morgan fingerprint density at radius 1 is 1.44 bits per heavy atom. The third-order valence-electron chi connectivity index (χ3n) is 1.95. The van der Waals surface area contributed by atoms with Crippen molar-refractivity contribution in [3.63, 3.8) is 0 Å². The van der Waals surface area contributed by atoms with Crippen molar-refractivity contribution in [3.8, 4) is 0 Å². The van der Waals surface area contributed by atoms with Crippen LogP contribution in [-0.4, -0.2) is 43.7 Å². The predicted octanol–water partition coefficient (Wildman–Crippen LogP) is -0.215. The first-order valence-electron chi connectivity index (χ1n) is 5.09. The Morgan fingerprint density at radius 2 is 2.00 bits per heavy atom. The fourth-order valence-electron chi connectivity index (χ4n) is 1.23. The van der Waals surface area contributed by atoms with E-state index in [1.54, 1.807) is 0 Å². The topological polar surface area (TPSA) is 97.5 Å². The van der Waals surface area contributed by atoms with Crippen LogP contribution >= 0.6 is 0 Å². The minimum atomic E-state index is -1.26. The van der Waals surface area contributed by atoms with E-state index in [-0.39, 0.29) is 11.0 Å². The number of carbonyl (C=O) groups is 3. The Balaban J connectivity index is 4.18. The number of carbonyl (C=O) groups excluding carboxylic acids is 2. The number of carboxylic acid groups (broad SMARTS) is 1. The van der Waals surface area contributed by atoms with Crippen molar-refractivity contribution in [1.82, 2.24) is 0 Å². The third-order valence-corrected chi connectivity index (χ3v) is 4.82. The van der Waals surface area contributed by atoms with E-state index in [1.807, 2.05) is 13.8 Å². The fraction of sp³-hybridized carbons (Fsp3) is 0.700. The van der Waals surface area contributed by atoms with Gasteiger partial charge in [0, 0.05) is 0 Å². The summed E-state index contributed by atoms with van der Waals surface area (Å²) in [4.78, 5) is 32.6. The molecule has 0 bridgehead atoms. The molecule has 0 aromatic carbocycles.